The maximum absolute atomic E-state index is 5.75. The summed E-state index contributed by atoms with van der Waals surface area (Å²) in [5, 5.41) is 0. The molecule has 1 aliphatic rings. The van der Waals surface area contributed by atoms with Crippen molar-refractivity contribution in [2.75, 3.05) is 39.3 Å². The maximum Gasteiger partial charge on any atom is 0.119 e. The minimum absolute atomic E-state index is 0.816. The van der Waals surface area contributed by atoms with Crippen molar-refractivity contribution in [2.45, 2.75) is 26.3 Å². The van der Waals surface area contributed by atoms with Gasteiger partial charge in [0.05, 0.1) is 6.61 Å². The molecule has 2 aromatic carbocycles. The lowest BCUT2D eigenvalue weighted by Gasteiger charge is -2.34. The lowest BCUT2D eigenvalue weighted by molar-refractivity contribution is 0.137. The predicted molar refractivity (Wildman–Crippen MR) is 114 cm³/mol. The molecule has 0 spiro atoms. The largest absolute Gasteiger partial charge is 0.494 e. The Bertz CT molecular complexity index is 673. The number of ether oxygens (including phenoxy) is 1. The Kier molecular flexibility index (Phi) is 7.94. The van der Waals surface area contributed by atoms with E-state index in [9.17, 15) is 0 Å². The third-order valence-corrected chi connectivity index (χ3v) is 5.03. The summed E-state index contributed by atoms with van der Waals surface area (Å²) in [4.78, 5) is 5.07. The number of piperazine rings is 1. The molecule has 0 unspecified atom stereocenters. The number of nitrogens with zero attached hydrogens (tertiary/aromatic N) is 2. The summed E-state index contributed by atoms with van der Waals surface area (Å²) in [5.41, 5.74) is 2.65. The van der Waals surface area contributed by atoms with Crippen LogP contribution in [0.5, 0.6) is 5.75 Å². The van der Waals surface area contributed by atoms with Crippen molar-refractivity contribution >= 4 is 6.08 Å². The van der Waals surface area contributed by atoms with Crippen LogP contribution >= 0.6 is 0 Å². The summed E-state index contributed by atoms with van der Waals surface area (Å²) < 4.78 is 5.75. The van der Waals surface area contributed by atoms with Gasteiger partial charge in [0.25, 0.3) is 0 Å². The first-order chi connectivity index (χ1) is 13.3. The van der Waals surface area contributed by atoms with E-state index in [1.807, 2.05) is 0 Å². The molecule has 0 N–H and O–H groups in total. The molecule has 1 fully saturated rings. The van der Waals surface area contributed by atoms with Crippen LogP contribution in [0.2, 0.25) is 0 Å². The highest BCUT2D eigenvalue weighted by atomic mass is 16.5. The number of unbranched alkanes of at least 4 members (excludes halogenated alkanes) is 1. The molecule has 1 aliphatic heterocycles. The normalized spacial score (nSPS) is 16.0. The van der Waals surface area contributed by atoms with Gasteiger partial charge in [-0.2, -0.15) is 0 Å². The molecule has 1 saturated heterocycles. The molecule has 0 atom stereocenters. The van der Waals surface area contributed by atoms with Crippen LogP contribution in [0, 0.1) is 0 Å². The zero-order chi connectivity index (χ0) is 18.7. The molecule has 144 valence electrons. The molecule has 3 nitrogen and oxygen atoms in total. The first-order valence-corrected chi connectivity index (χ1v) is 10.2. The Morgan fingerprint density at radius 1 is 0.889 bits per heavy atom. The minimum atomic E-state index is 0.816. The zero-order valence-electron chi connectivity index (χ0n) is 16.5. The van der Waals surface area contributed by atoms with Gasteiger partial charge < -0.3 is 4.74 Å². The van der Waals surface area contributed by atoms with E-state index in [0.29, 0.717) is 0 Å². The zero-order valence-corrected chi connectivity index (χ0v) is 16.5. The molecule has 0 saturated carbocycles. The quantitative estimate of drug-likeness (QED) is 0.600. The fourth-order valence-electron chi connectivity index (χ4n) is 3.32. The standard InChI is InChI=1S/C24H32N2O/c1-2-3-20-27-24-13-11-23(12-14-24)21-26-18-16-25(17-19-26)15-7-10-22-8-5-4-6-9-22/h4-14H,2-3,15-21H2,1H3/b10-7+. The summed E-state index contributed by atoms with van der Waals surface area (Å²) >= 11 is 0. The Labute approximate surface area is 164 Å². The highest BCUT2D eigenvalue weighted by Crippen LogP contribution is 2.15. The van der Waals surface area contributed by atoms with E-state index in [1.165, 1.54) is 17.5 Å². The van der Waals surface area contributed by atoms with Crippen LogP contribution in [0.15, 0.2) is 60.7 Å². The van der Waals surface area contributed by atoms with E-state index in [0.717, 1.165) is 58.0 Å². The minimum Gasteiger partial charge on any atom is -0.494 e. The van der Waals surface area contributed by atoms with E-state index in [2.05, 4.69) is 83.5 Å². The number of benzene rings is 2. The summed E-state index contributed by atoms with van der Waals surface area (Å²) in [6, 6.07) is 19.1. The first kappa shape index (κ1) is 19.7. The predicted octanol–water partition coefficient (Wildman–Crippen LogP) is 4.70. The van der Waals surface area contributed by atoms with E-state index in [4.69, 9.17) is 4.74 Å². The van der Waals surface area contributed by atoms with Crippen molar-refractivity contribution in [3.8, 4) is 5.75 Å². The van der Waals surface area contributed by atoms with Crippen molar-refractivity contribution in [2.24, 2.45) is 0 Å². The van der Waals surface area contributed by atoms with Gasteiger partial charge >= 0.3 is 0 Å². The van der Waals surface area contributed by atoms with Crippen molar-refractivity contribution in [3.05, 3.63) is 71.8 Å². The molecule has 0 amide bonds. The van der Waals surface area contributed by atoms with Crippen molar-refractivity contribution < 1.29 is 4.74 Å². The van der Waals surface area contributed by atoms with Gasteiger partial charge in [-0.25, -0.2) is 0 Å². The average molecular weight is 365 g/mol. The molecular weight excluding hydrogens is 332 g/mol. The summed E-state index contributed by atoms with van der Waals surface area (Å²) in [6.07, 6.45) is 6.79. The average Bonchev–Trinajstić information content (AvgIpc) is 2.72. The van der Waals surface area contributed by atoms with Crippen LogP contribution in [-0.2, 0) is 6.54 Å². The van der Waals surface area contributed by atoms with Crippen LogP contribution in [0.3, 0.4) is 0 Å². The third-order valence-electron chi connectivity index (χ3n) is 5.03. The van der Waals surface area contributed by atoms with E-state index >= 15 is 0 Å². The van der Waals surface area contributed by atoms with Crippen LogP contribution < -0.4 is 4.74 Å². The van der Waals surface area contributed by atoms with Gasteiger partial charge in [-0.15, -0.1) is 0 Å². The summed E-state index contributed by atoms with van der Waals surface area (Å²) in [7, 11) is 0. The fourth-order valence-corrected chi connectivity index (χ4v) is 3.32. The highest BCUT2D eigenvalue weighted by Gasteiger charge is 2.15. The molecule has 27 heavy (non-hydrogen) atoms. The smallest absolute Gasteiger partial charge is 0.119 e. The Morgan fingerprint density at radius 3 is 2.30 bits per heavy atom. The third kappa shape index (κ3) is 6.85. The van der Waals surface area contributed by atoms with Gasteiger partial charge in [-0.1, -0.05) is 68.0 Å². The Balaban J connectivity index is 1.37. The lowest BCUT2D eigenvalue weighted by Crippen LogP contribution is -2.45. The second-order valence-corrected chi connectivity index (χ2v) is 7.24. The van der Waals surface area contributed by atoms with Gasteiger partial charge in [0.2, 0.25) is 0 Å². The van der Waals surface area contributed by atoms with Crippen molar-refractivity contribution in [1.29, 1.82) is 0 Å². The van der Waals surface area contributed by atoms with Gasteiger partial charge in [0.15, 0.2) is 0 Å². The molecule has 3 rings (SSSR count). The lowest BCUT2D eigenvalue weighted by atomic mass is 10.2. The molecular formula is C24H32N2O. The van der Waals surface area contributed by atoms with E-state index < -0.39 is 0 Å². The van der Waals surface area contributed by atoms with Gasteiger partial charge in [0.1, 0.15) is 5.75 Å². The van der Waals surface area contributed by atoms with Crippen LogP contribution in [-0.4, -0.2) is 49.1 Å². The van der Waals surface area contributed by atoms with Crippen molar-refractivity contribution in [3.63, 3.8) is 0 Å². The van der Waals surface area contributed by atoms with Gasteiger partial charge in [0, 0.05) is 39.3 Å². The van der Waals surface area contributed by atoms with E-state index in [-0.39, 0.29) is 0 Å². The van der Waals surface area contributed by atoms with E-state index in [1.54, 1.807) is 0 Å². The van der Waals surface area contributed by atoms with Gasteiger partial charge in [-0.3, -0.25) is 9.80 Å². The van der Waals surface area contributed by atoms with Gasteiger partial charge in [-0.05, 0) is 29.7 Å². The number of hydrogen-bond donors (Lipinski definition) is 0. The molecule has 3 heteroatoms. The summed E-state index contributed by atoms with van der Waals surface area (Å²) in [5.74, 6) is 0.988. The highest BCUT2D eigenvalue weighted by molar-refractivity contribution is 5.48. The second kappa shape index (κ2) is 10.9. The Hall–Kier alpha value is -2.10. The molecule has 0 aliphatic carbocycles. The molecule has 2 aromatic rings. The second-order valence-electron chi connectivity index (χ2n) is 7.24. The monoisotopic (exact) mass is 364 g/mol. The van der Waals surface area contributed by atoms with Crippen molar-refractivity contribution in [1.82, 2.24) is 9.80 Å². The molecule has 0 aromatic heterocycles. The summed E-state index contributed by atoms with van der Waals surface area (Å²) in [6.45, 7) is 9.61. The van der Waals surface area contributed by atoms with Crippen LogP contribution in [0.1, 0.15) is 30.9 Å². The molecule has 0 bridgehead atoms. The number of rotatable bonds is 9. The SMILES string of the molecule is CCCCOc1ccc(CN2CCN(C/C=C/c3ccccc3)CC2)cc1. The first-order valence-electron chi connectivity index (χ1n) is 10.2. The van der Waals surface area contributed by atoms with Crippen LogP contribution in [0.25, 0.3) is 6.08 Å². The maximum atomic E-state index is 5.75. The topological polar surface area (TPSA) is 15.7 Å². The molecule has 0 radical (unpaired) electrons. The number of hydrogen-bond acceptors (Lipinski definition) is 3. The fraction of sp³-hybridized carbons (Fsp3) is 0.417. The Morgan fingerprint density at radius 2 is 1.59 bits per heavy atom. The molecule has 1 heterocycles. The van der Waals surface area contributed by atoms with Crippen LogP contribution in [0.4, 0.5) is 0 Å².